The number of nitrogens with one attached hydrogen (secondary N) is 1. The van der Waals surface area contributed by atoms with Gasteiger partial charge in [0.15, 0.2) is 0 Å². The minimum atomic E-state index is -3.77. The van der Waals surface area contributed by atoms with Crippen LogP contribution in [0.4, 0.5) is 15.8 Å². The van der Waals surface area contributed by atoms with Gasteiger partial charge in [0.25, 0.3) is 0 Å². The van der Waals surface area contributed by atoms with Crippen molar-refractivity contribution in [1.29, 1.82) is 0 Å². The second-order valence-corrected chi connectivity index (χ2v) is 8.19. The Kier molecular flexibility index (Phi) is 6.26. The van der Waals surface area contributed by atoms with Crippen LogP contribution in [0.2, 0.25) is 5.02 Å². The summed E-state index contributed by atoms with van der Waals surface area (Å²) in [5.74, 6) is -1.17. The van der Waals surface area contributed by atoms with Crippen molar-refractivity contribution in [2.45, 2.75) is 20.3 Å². The predicted octanol–water partition coefficient (Wildman–Crippen LogP) is 3.75. The van der Waals surface area contributed by atoms with Gasteiger partial charge in [-0.05, 0) is 42.7 Å². The average molecular weight is 399 g/mol. The van der Waals surface area contributed by atoms with E-state index in [2.05, 4.69) is 5.32 Å². The third kappa shape index (κ3) is 4.74. The van der Waals surface area contributed by atoms with Crippen molar-refractivity contribution in [2.24, 2.45) is 0 Å². The molecule has 0 radical (unpaired) electrons. The fourth-order valence-electron chi connectivity index (χ4n) is 2.55. The van der Waals surface area contributed by atoms with E-state index in [0.717, 1.165) is 34.2 Å². The van der Waals surface area contributed by atoms with Gasteiger partial charge in [-0.15, -0.1) is 0 Å². The van der Waals surface area contributed by atoms with Gasteiger partial charge in [0, 0.05) is 5.69 Å². The van der Waals surface area contributed by atoms with Crippen LogP contribution in [0.5, 0.6) is 0 Å². The van der Waals surface area contributed by atoms with E-state index >= 15 is 0 Å². The molecule has 0 atom stereocenters. The Balaban J connectivity index is 2.30. The maximum atomic E-state index is 13.4. The second-order valence-electron chi connectivity index (χ2n) is 5.88. The van der Waals surface area contributed by atoms with Gasteiger partial charge in [0.1, 0.15) is 12.4 Å². The average Bonchev–Trinajstić information content (AvgIpc) is 2.56. The first kappa shape index (κ1) is 20.2. The first-order chi connectivity index (χ1) is 12.1. The molecule has 5 nitrogen and oxygen atoms in total. The molecule has 0 unspecified atom stereocenters. The van der Waals surface area contributed by atoms with Crippen molar-refractivity contribution in [2.75, 3.05) is 22.4 Å². The number of aryl methyl sites for hydroxylation is 2. The summed E-state index contributed by atoms with van der Waals surface area (Å²) in [5.41, 5.74) is 2.63. The molecule has 0 saturated carbocycles. The largest absolute Gasteiger partial charge is 0.324 e. The Labute approximate surface area is 157 Å². The van der Waals surface area contributed by atoms with Gasteiger partial charge in [-0.25, -0.2) is 12.8 Å². The van der Waals surface area contributed by atoms with E-state index in [-0.39, 0.29) is 10.7 Å². The van der Waals surface area contributed by atoms with Gasteiger partial charge in [0.05, 0.1) is 17.0 Å². The number of carbonyl (C=O) groups excluding carboxylic acids is 1. The van der Waals surface area contributed by atoms with E-state index in [1.807, 2.05) is 32.0 Å². The number of carbonyl (C=O) groups is 1. The zero-order valence-electron chi connectivity index (χ0n) is 14.7. The van der Waals surface area contributed by atoms with E-state index in [1.165, 1.54) is 12.1 Å². The van der Waals surface area contributed by atoms with Gasteiger partial charge in [0.2, 0.25) is 15.9 Å². The van der Waals surface area contributed by atoms with Crippen molar-refractivity contribution in [1.82, 2.24) is 0 Å². The smallest absolute Gasteiger partial charge is 0.245 e. The van der Waals surface area contributed by atoms with Crippen LogP contribution in [0.25, 0.3) is 0 Å². The van der Waals surface area contributed by atoms with Crippen LogP contribution < -0.4 is 9.62 Å². The first-order valence-corrected chi connectivity index (χ1v) is 10.2. The summed E-state index contributed by atoms with van der Waals surface area (Å²) in [4.78, 5) is 12.5. The van der Waals surface area contributed by atoms with E-state index in [1.54, 1.807) is 0 Å². The van der Waals surface area contributed by atoms with Crippen LogP contribution >= 0.6 is 11.6 Å². The molecule has 140 valence electrons. The molecular formula is C18H20ClFN2O3S. The number of sulfonamides is 1. The standard InChI is InChI=1S/C18H20ClFN2O3S/c1-4-13-7-5-6-12(2)18(13)21-17(23)11-22(26(3,24)25)14-8-9-16(20)15(19)10-14/h5-10H,4,11H2,1-3H3,(H,21,23). The fraction of sp³-hybridized carbons (Fsp3) is 0.278. The molecule has 0 aliphatic rings. The molecule has 8 heteroatoms. The van der Waals surface area contributed by atoms with Crippen molar-refractivity contribution < 1.29 is 17.6 Å². The number of rotatable bonds is 6. The van der Waals surface area contributed by atoms with Crippen molar-refractivity contribution in [3.63, 3.8) is 0 Å². The molecule has 0 spiro atoms. The highest BCUT2D eigenvalue weighted by Crippen LogP contribution is 2.25. The van der Waals surface area contributed by atoms with Gasteiger partial charge >= 0.3 is 0 Å². The lowest BCUT2D eigenvalue weighted by Crippen LogP contribution is -2.37. The molecule has 1 amide bonds. The minimum Gasteiger partial charge on any atom is -0.324 e. The molecule has 0 aromatic heterocycles. The lowest BCUT2D eigenvalue weighted by molar-refractivity contribution is -0.114. The van der Waals surface area contributed by atoms with E-state index < -0.39 is 28.3 Å². The lowest BCUT2D eigenvalue weighted by atomic mass is 10.1. The van der Waals surface area contributed by atoms with Gasteiger partial charge < -0.3 is 5.32 Å². The number of para-hydroxylation sites is 1. The summed E-state index contributed by atoms with van der Waals surface area (Å²) in [7, 11) is -3.77. The highest BCUT2D eigenvalue weighted by molar-refractivity contribution is 7.92. The number of amides is 1. The summed E-state index contributed by atoms with van der Waals surface area (Å²) >= 11 is 5.74. The molecule has 0 aliphatic heterocycles. The molecule has 2 aromatic rings. The fourth-order valence-corrected chi connectivity index (χ4v) is 3.57. The van der Waals surface area contributed by atoms with Crippen molar-refractivity contribution in [3.05, 3.63) is 58.4 Å². The maximum absolute atomic E-state index is 13.4. The molecule has 0 fully saturated rings. The molecular weight excluding hydrogens is 379 g/mol. The first-order valence-electron chi connectivity index (χ1n) is 7.94. The quantitative estimate of drug-likeness (QED) is 0.805. The monoisotopic (exact) mass is 398 g/mol. The van der Waals surface area contributed by atoms with E-state index in [4.69, 9.17) is 11.6 Å². The van der Waals surface area contributed by atoms with Crippen LogP contribution in [-0.4, -0.2) is 27.1 Å². The number of hydrogen-bond donors (Lipinski definition) is 1. The summed E-state index contributed by atoms with van der Waals surface area (Å²) < 4.78 is 38.5. The van der Waals surface area contributed by atoms with E-state index in [9.17, 15) is 17.6 Å². The third-order valence-electron chi connectivity index (χ3n) is 3.88. The third-order valence-corrected chi connectivity index (χ3v) is 5.31. The van der Waals surface area contributed by atoms with Crippen molar-refractivity contribution in [3.8, 4) is 0 Å². The van der Waals surface area contributed by atoms with Crippen LogP contribution in [0.1, 0.15) is 18.1 Å². The highest BCUT2D eigenvalue weighted by atomic mass is 35.5. The highest BCUT2D eigenvalue weighted by Gasteiger charge is 2.22. The number of benzene rings is 2. The Bertz CT molecular complexity index is 932. The molecule has 2 rings (SSSR count). The Hall–Kier alpha value is -2.12. The normalized spacial score (nSPS) is 11.3. The zero-order valence-corrected chi connectivity index (χ0v) is 16.3. The van der Waals surface area contributed by atoms with Crippen LogP contribution in [0.3, 0.4) is 0 Å². The molecule has 1 N–H and O–H groups in total. The van der Waals surface area contributed by atoms with Crippen LogP contribution in [0.15, 0.2) is 36.4 Å². The summed E-state index contributed by atoms with van der Waals surface area (Å²) in [5, 5.41) is 2.56. The Morgan fingerprint density at radius 2 is 1.96 bits per heavy atom. The summed E-state index contributed by atoms with van der Waals surface area (Å²) in [6.45, 7) is 3.38. The summed E-state index contributed by atoms with van der Waals surface area (Å²) in [6.07, 6.45) is 1.70. The summed E-state index contributed by atoms with van der Waals surface area (Å²) in [6, 6.07) is 9.16. The van der Waals surface area contributed by atoms with Crippen molar-refractivity contribution >= 4 is 38.9 Å². The van der Waals surface area contributed by atoms with E-state index in [0.29, 0.717) is 5.69 Å². The molecule has 0 saturated heterocycles. The molecule has 26 heavy (non-hydrogen) atoms. The molecule has 2 aromatic carbocycles. The predicted molar refractivity (Wildman–Crippen MR) is 103 cm³/mol. The Morgan fingerprint density at radius 3 is 2.54 bits per heavy atom. The number of hydrogen-bond acceptors (Lipinski definition) is 3. The SMILES string of the molecule is CCc1cccc(C)c1NC(=O)CN(c1ccc(F)c(Cl)c1)S(C)(=O)=O. The maximum Gasteiger partial charge on any atom is 0.245 e. The number of nitrogens with zero attached hydrogens (tertiary/aromatic N) is 1. The second kappa shape index (κ2) is 8.05. The molecule has 0 bridgehead atoms. The molecule has 0 aliphatic carbocycles. The Morgan fingerprint density at radius 1 is 1.27 bits per heavy atom. The van der Waals surface area contributed by atoms with Gasteiger partial charge in [-0.1, -0.05) is 36.7 Å². The number of anilines is 2. The molecule has 0 heterocycles. The van der Waals surface area contributed by atoms with Gasteiger partial charge in [-0.2, -0.15) is 0 Å². The van der Waals surface area contributed by atoms with Crippen LogP contribution in [0, 0.1) is 12.7 Å². The topological polar surface area (TPSA) is 66.5 Å². The lowest BCUT2D eigenvalue weighted by Gasteiger charge is -2.23. The minimum absolute atomic E-state index is 0.120. The zero-order chi connectivity index (χ0) is 19.5. The van der Waals surface area contributed by atoms with Crippen LogP contribution in [-0.2, 0) is 21.2 Å². The van der Waals surface area contributed by atoms with Gasteiger partial charge in [-0.3, -0.25) is 9.10 Å². The number of halogens is 2.